The molecule has 0 spiro atoms. The molecule has 0 N–H and O–H groups in total. The van der Waals surface area contributed by atoms with E-state index >= 15 is 0 Å². The molecule has 2 nitrogen and oxygen atoms in total. The summed E-state index contributed by atoms with van der Waals surface area (Å²) in [6, 6.07) is 1.68. The lowest BCUT2D eigenvalue weighted by Crippen LogP contribution is -2.50. The van der Waals surface area contributed by atoms with Crippen molar-refractivity contribution >= 4 is 0 Å². The first-order chi connectivity index (χ1) is 8.87. The second-order valence-electron chi connectivity index (χ2n) is 9.11. The zero-order valence-corrected chi connectivity index (χ0v) is 13.2. The molecule has 0 aromatic carbocycles. The summed E-state index contributed by atoms with van der Waals surface area (Å²) in [6.07, 6.45) is 6.00. The first-order valence-electron chi connectivity index (χ1n) is 8.38. The summed E-state index contributed by atoms with van der Waals surface area (Å²) >= 11 is 0. The van der Waals surface area contributed by atoms with Gasteiger partial charge in [-0.05, 0) is 65.2 Å². The van der Waals surface area contributed by atoms with Crippen molar-refractivity contribution in [1.29, 1.82) is 0 Å². The Bertz CT molecular complexity index is 369. The summed E-state index contributed by atoms with van der Waals surface area (Å²) in [6.45, 7) is 13.9. The normalized spacial score (nSPS) is 49.9. The Labute approximate surface area is 118 Å². The molecule has 5 aliphatic rings. The van der Waals surface area contributed by atoms with E-state index < -0.39 is 0 Å². The molecular weight excluding hydrogens is 232 g/mol. The molecule has 2 bridgehead atoms. The smallest absolute Gasteiger partial charge is 0.0179 e. The molecule has 3 heterocycles. The lowest BCUT2D eigenvalue weighted by Gasteiger charge is -2.48. The first-order valence-corrected chi connectivity index (χ1v) is 8.38. The van der Waals surface area contributed by atoms with Crippen molar-refractivity contribution in [2.75, 3.05) is 19.6 Å². The number of fused-ring (bicyclic) bond motifs is 3. The van der Waals surface area contributed by atoms with Crippen LogP contribution in [0.1, 0.15) is 53.4 Å². The predicted molar refractivity (Wildman–Crippen MR) is 79.2 cm³/mol. The van der Waals surface area contributed by atoms with Crippen LogP contribution in [-0.2, 0) is 0 Å². The molecule has 2 heteroatoms. The van der Waals surface area contributed by atoms with Gasteiger partial charge in [-0.3, -0.25) is 4.90 Å². The molecule has 5 rings (SSSR count). The van der Waals surface area contributed by atoms with Crippen LogP contribution < -0.4 is 0 Å². The van der Waals surface area contributed by atoms with Gasteiger partial charge in [-0.1, -0.05) is 0 Å². The van der Waals surface area contributed by atoms with Crippen LogP contribution >= 0.6 is 0 Å². The molecule has 0 radical (unpaired) electrons. The van der Waals surface area contributed by atoms with Crippen LogP contribution in [0.25, 0.3) is 0 Å². The molecule has 2 aliphatic carbocycles. The zero-order valence-electron chi connectivity index (χ0n) is 13.2. The molecule has 19 heavy (non-hydrogen) atoms. The maximum absolute atomic E-state index is 2.82. The van der Waals surface area contributed by atoms with Crippen LogP contribution in [0, 0.1) is 17.3 Å². The Morgan fingerprint density at radius 2 is 1.68 bits per heavy atom. The number of nitrogens with zero attached hydrogens (tertiary/aromatic N) is 2. The number of likely N-dealkylation sites (tertiary alicyclic amines) is 1. The van der Waals surface area contributed by atoms with Gasteiger partial charge in [-0.2, -0.15) is 0 Å². The molecular formula is C17H30N2. The Kier molecular flexibility index (Phi) is 2.50. The minimum Gasteiger partial charge on any atom is -0.302 e. The monoisotopic (exact) mass is 262 g/mol. The van der Waals surface area contributed by atoms with Crippen LogP contribution in [-0.4, -0.2) is 47.1 Å². The molecule has 2 saturated carbocycles. The van der Waals surface area contributed by atoms with Gasteiger partial charge in [0.2, 0.25) is 0 Å². The molecule has 3 saturated heterocycles. The molecule has 3 atom stereocenters. The largest absolute Gasteiger partial charge is 0.302 e. The average molecular weight is 262 g/mol. The van der Waals surface area contributed by atoms with Crippen molar-refractivity contribution in [1.82, 2.24) is 9.80 Å². The molecule has 5 fully saturated rings. The van der Waals surface area contributed by atoms with E-state index in [1.807, 2.05) is 0 Å². The molecule has 108 valence electrons. The summed E-state index contributed by atoms with van der Waals surface area (Å²) in [4.78, 5) is 5.64. The number of hydrogen-bond acceptors (Lipinski definition) is 2. The van der Waals surface area contributed by atoms with Crippen molar-refractivity contribution in [2.24, 2.45) is 17.3 Å². The highest BCUT2D eigenvalue weighted by Gasteiger charge is 2.65. The Morgan fingerprint density at radius 3 is 2.21 bits per heavy atom. The third kappa shape index (κ3) is 1.90. The van der Waals surface area contributed by atoms with Gasteiger partial charge in [0.05, 0.1) is 0 Å². The Balaban J connectivity index is 1.43. The van der Waals surface area contributed by atoms with Gasteiger partial charge in [-0.25, -0.2) is 0 Å². The quantitative estimate of drug-likeness (QED) is 0.755. The van der Waals surface area contributed by atoms with Gasteiger partial charge in [0.15, 0.2) is 0 Å². The van der Waals surface area contributed by atoms with Crippen molar-refractivity contribution in [2.45, 2.75) is 71.0 Å². The minimum atomic E-state index is 0.354. The van der Waals surface area contributed by atoms with E-state index in [2.05, 4.69) is 37.5 Å². The second-order valence-corrected chi connectivity index (χ2v) is 9.11. The molecule has 0 aromatic rings. The highest BCUT2D eigenvalue weighted by atomic mass is 15.3. The van der Waals surface area contributed by atoms with E-state index in [1.54, 1.807) is 0 Å². The fraction of sp³-hybridized carbons (Fsp3) is 1.00. The zero-order chi connectivity index (χ0) is 13.4. The topological polar surface area (TPSA) is 6.48 Å². The summed E-state index contributed by atoms with van der Waals surface area (Å²) in [5.74, 6) is 2.12. The number of hydrogen-bond donors (Lipinski definition) is 0. The maximum atomic E-state index is 2.82. The SMILES string of the molecule is C[C@@H]1CC2(CN3CC4CC(C4)C3)CC2N1C(C)(C)C. The number of piperidine rings is 3. The van der Waals surface area contributed by atoms with Crippen LogP contribution in [0.15, 0.2) is 0 Å². The minimum absolute atomic E-state index is 0.354. The van der Waals surface area contributed by atoms with Gasteiger partial charge >= 0.3 is 0 Å². The lowest BCUT2D eigenvalue weighted by atomic mass is 9.71. The van der Waals surface area contributed by atoms with Crippen molar-refractivity contribution in [3.63, 3.8) is 0 Å². The molecule has 0 aromatic heterocycles. The van der Waals surface area contributed by atoms with Crippen LogP contribution in [0.5, 0.6) is 0 Å². The standard InChI is InChI=1S/C17H30N2/c1-12-7-17(8-15(17)19(12)16(2,3)4)11-18-9-13-5-14(6-13)10-18/h12-15H,5-11H2,1-4H3/t12-,13?,14?,15?,17?/m1/s1. The van der Waals surface area contributed by atoms with Gasteiger partial charge in [0.1, 0.15) is 0 Å². The van der Waals surface area contributed by atoms with Gasteiger partial charge < -0.3 is 4.90 Å². The van der Waals surface area contributed by atoms with E-state index in [9.17, 15) is 0 Å². The number of rotatable bonds is 2. The van der Waals surface area contributed by atoms with Crippen molar-refractivity contribution in [3.05, 3.63) is 0 Å². The molecule has 0 amide bonds. The lowest BCUT2D eigenvalue weighted by molar-refractivity contribution is 0.0154. The van der Waals surface area contributed by atoms with E-state index in [-0.39, 0.29) is 0 Å². The van der Waals surface area contributed by atoms with E-state index in [0.717, 1.165) is 23.9 Å². The van der Waals surface area contributed by atoms with Crippen LogP contribution in [0.3, 0.4) is 0 Å². The summed E-state index contributed by atoms with van der Waals surface area (Å²) in [5, 5.41) is 0. The summed E-state index contributed by atoms with van der Waals surface area (Å²) < 4.78 is 0. The fourth-order valence-electron chi connectivity index (χ4n) is 5.85. The second kappa shape index (κ2) is 3.76. The van der Waals surface area contributed by atoms with Crippen molar-refractivity contribution < 1.29 is 0 Å². The Hall–Kier alpha value is -0.0800. The average Bonchev–Trinajstić information content (AvgIpc) is 2.79. The van der Waals surface area contributed by atoms with Crippen LogP contribution in [0.4, 0.5) is 0 Å². The van der Waals surface area contributed by atoms with Crippen LogP contribution in [0.2, 0.25) is 0 Å². The van der Waals surface area contributed by atoms with E-state index in [4.69, 9.17) is 0 Å². The highest BCUT2D eigenvalue weighted by Crippen LogP contribution is 2.62. The predicted octanol–water partition coefficient (Wildman–Crippen LogP) is 2.98. The van der Waals surface area contributed by atoms with Gasteiger partial charge in [0, 0.05) is 42.7 Å². The van der Waals surface area contributed by atoms with Crippen molar-refractivity contribution in [3.8, 4) is 0 Å². The van der Waals surface area contributed by atoms with E-state index in [0.29, 0.717) is 11.0 Å². The van der Waals surface area contributed by atoms with E-state index in [1.165, 1.54) is 45.3 Å². The Morgan fingerprint density at radius 1 is 1.05 bits per heavy atom. The molecule has 3 aliphatic heterocycles. The first kappa shape index (κ1) is 12.6. The highest BCUT2D eigenvalue weighted by molar-refractivity contribution is 5.19. The third-order valence-electron chi connectivity index (χ3n) is 6.34. The van der Waals surface area contributed by atoms with Gasteiger partial charge in [-0.15, -0.1) is 0 Å². The third-order valence-corrected chi connectivity index (χ3v) is 6.34. The maximum Gasteiger partial charge on any atom is 0.0179 e. The molecule has 2 unspecified atom stereocenters. The van der Waals surface area contributed by atoms with Gasteiger partial charge in [0.25, 0.3) is 0 Å². The fourth-order valence-corrected chi connectivity index (χ4v) is 5.85. The summed E-state index contributed by atoms with van der Waals surface area (Å²) in [7, 11) is 0. The summed E-state index contributed by atoms with van der Waals surface area (Å²) in [5.41, 5.74) is 1.03.